The number of furan rings is 1. The summed E-state index contributed by atoms with van der Waals surface area (Å²) < 4.78 is 19.6. The number of amides is 1. The molecular weight excluding hydrogens is 323 g/mol. The van der Waals surface area contributed by atoms with Crippen molar-refractivity contribution in [1.29, 1.82) is 0 Å². The minimum atomic E-state index is -0.396. The second-order valence-electron chi connectivity index (χ2n) is 6.10. The Balaban J connectivity index is 1.65. The van der Waals surface area contributed by atoms with E-state index in [0.29, 0.717) is 49.6 Å². The fourth-order valence-corrected chi connectivity index (χ4v) is 3.01. The summed E-state index contributed by atoms with van der Waals surface area (Å²) in [6.45, 7) is 3.98. The second kappa shape index (κ2) is 7.51. The van der Waals surface area contributed by atoms with Gasteiger partial charge in [0.2, 0.25) is 0 Å². The van der Waals surface area contributed by atoms with Gasteiger partial charge in [-0.25, -0.2) is 4.39 Å². The molecule has 0 aliphatic carbocycles. The topological polar surface area (TPSA) is 53.8 Å². The standard InChI is InChI=1S/C19H21FN2O3/c1-2-4-17(23)14-6-7-16(15(20)13-14)21-8-10-22(11-9-21)19(24)18-5-3-12-25-18/h3,5-7,12-13H,2,4,8-11H2,1H3. The third kappa shape index (κ3) is 3.73. The summed E-state index contributed by atoms with van der Waals surface area (Å²) >= 11 is 0. The van der Waals surface area contributed by atoms with Gasteiger partial charge in [-0.2, -0.15) is 0 Å². The van der Waals surface area contributed by atoms with Gasteiger partial charge >= 0.3 is 0 Å². The van der Waals surface area contributed by atoms with Gasteiger partial charge in [-0.3, -0.25) is 9.59 Å². The van der Waals surface area contributed by atoms with Crippen molar-refractivity contribution in [2.24, 2.45) is 0 Å². The van der Waals surface area contributed by atoms with Gasteiger partial charge in [0.25, 0.3) is 5.91 Å². The van der Waals surface area contributed by atoms with E-state index in [4.69, 9.17) is 4.42 Å². The van der Waals surface area contributed by atoms with E-state index in [1.165, 1.54) is 12.3 Å². The number of hydrogen-bond acceptors (Lipinski definition) is 4. The predicted octanol–water partition coefficient (Wildman–Crippen LogP) is 3.36. The minimum Gasteiger partial charge on any atom is -0.459 e. The van der Waals surface area contributed by atoms with Crippen molar-refractivity contribution >= 4 is 17.4 Å². The van der Waals surface area contributed by atoms with Crippen LogP contribution in [0.3, 0.4) is 0 Å². The van der Waals surface area contributed by atoms with Gasteiger partial charge in [0.15, 0.2) is 11.5 Å². The van der Waals surface area contributed by atoms with Gasteiger partial charge in [0, 0.05) is 38.2 Å². The van der Waals surface area contributed by atoms with Crippen LogP contribution in [-0.4, -0.2) is 42.8 Å². The van der Waals surface area contributed by atoms with E-state index in [2.05, 4.69) is 0 Å². The summed E-state index contributed by atoms with van der Waals surface area (Å²) in [6, 6.07) is 7.97. The van der Waals surface area contributed by atoms with Crippen LogP contribution in [0.1, 0.15) is 40.7 Å². The molecule has 1 fully saturated rings. The van der Waals surface area contributed by atoms with Crippen molar-refractivity contribution in [3.05, 3.63) is 53.7 Å². The molecule has 1 aromatic heterocycles. The first-order chi connectivity index (χ1) is 12.1. The molecule has 3 rings (SSSR count). The molecular formula is C19H21FN2O3. The number of carbonyl (C=O) groups is 2. The smallest absolute Gasteiger partial charge is 0.289 e. The van der Waals surface area contributed by atoms with Crippen molar-refractivity contribution in [3.8, 4) is 0 Å². The van der Waals surface area contributed by atoms with Crippen LogP contribution in [0.4, 0.5) is 10.1 Å². The summed E-state index contributed by atoms with van der Waals surface area (Å²) in [7, 11) is 0. The number of anilines is 1. The fraction of sp³-hybridized carbons (Fsp3) is 0.368. The highest BCUT2D eigenvalue weighted by Crippen LogP contribution is 2.23. The van der Waals surface area contributed by atoms with E-state index in [0.717, 1.165) is 6.42 Å². The minimum absolute atomic E-state index is 0.0400. The molecule has 0 unspecified atom stereocenters. The molecule has 132 valence electrons. The van der Waals surface area contributed by atoms with Crippen molar-refractivity contribution < 1.29 is 18.4 Å². The van der Waals surface area contributed by atoms with E-state index >= 15 is 0 Å². The summed E-state index contributed by atoms with van der Waals surface area (Å²) in [5.41, 5.74) is 0.882. The first-order valence-electron chi connectivity index (χ1n) is 8.50. The van der Waals surface area contributed by atoms with E-state index < -0.39 is 5.82 Å². The zero-order valence-electron chi connectivity index (χ0n) is 14.2. The third-order valence-corrected chi connectivity index (χ3v) is 4.39. The number of nitrogens with zero attached hydrogens (tertiary/aromatic N) is 2. The van der Waals surface area contributed by atoms with Crippen molar-refractivity contribution in [3.63, 3.8) is 0 Å². The molecule has 1 amide bonds. The number of rotatable bonds is 5. The Morgan fingerprint density at radius 2 is 1.92 bits per heavy atom. The zero-order valence-corrected chi connectivity index (χ0v) is 14.2. The quantitative estimate of drug-likeness (QED) is 0.781. The number of piperazine rings is 1. The highest BCUT2D eigenvalue weighted by atomic mass is 19.1. The van der Waals surface area contributed by atoms with E-state index in [1.54, 1.807) is 29.2 Å². The molecule has 1 aliphatic heterocycles. The summed E-state index contributed by atoms with van der Waals surface area (Å²) in [5.74, 6) is -0.265. The molecule has 0 radical (unpaired) electrons. The maximum absolute atomic E-state index is 14.4. The highest BCUT2D eigenvalue weighted by Gasteiger charge is 2.25. The largest absolute Gasteiger partial charge is 0.459 e. The van der Waals surface area contributed by atoms with Crippen molar-refractivity contribution in [1.82, 2.24) is 4.90 Å². The number of carbonyl (C=O) groups excluding carboxylic acids is 2. The van der Waals surface area contributed by atoms with E-state index in [9.17, 15) is 14.0 Å². The Bertz CT molecular complexity index is 750. The molecule has 5 nitrogen and oxygen atoms in total. The number of halogens is 1. The summed E-state index contributed by atoms with van der Waals surface area (Å²) in [5, 5.41) is 0. The SMILES string of the molecule is CCCC(=O)c1ccc(N2CCN(C(=O)c3ccco3)CC2)c(F)c1. The Labute approximate surface area is 146 Å². The van der Waals surface area contributed by atoms with Crippen LogP contribution < -0.4 is 4.90 Å². The first kappa shape index (κ1) is 17.2. The molecule has 6 heteroatoms. The average Bonchev–Trinajstić information content (AvgIpc) is 3.16. The van der Waals surface area contributed by atoms with Gasteiger partial charge in [0.05, 0.1) is 12.0 Å². The van der Waals surface area contributed by atoms with Crippen LogP contribution in [0.25, 0.3) is 0 Å². The lowest BCUT2D eigenvalue weighted by molar-refractivity contribution is 0.0714. The number of ketones is 1. The van der Waals surface area contributed by atoms with Gasteiger partial charge in [-0.15, -0.1) is 0 Å². The predicted molar refractivity (Wildman–Crippen MR) is 92.5 cm³/mol. The maximum atomic E-state index is 14.4. The Morgan fingerprint density at radius 3 is 2.52 bits per heavy atom. The van der Waals surface area contributed by atoms with E-state index in [1.807, 2.05) is 11.8 Å². The van der Waals surface area contributed by atoms with E-state index in [-0.39, 0.29) is 11.7 Å². The van der Waals surface area contributed by atoms with Crippen LogP contribution in [0, 0.1) is 5.82 Å². The fourth-order valence-electron chi connectivity index (χ4n) is 3.01. The second-order valence-corrected chi connectivity index (χ2v) is 6.10. The Morgan fingerprint density at radius 1 is 1.16 bits per heavy atom. The van der Waals surface area contributed by atoms with Crippen LogP contribution in [0.15, 0.2) is 41.0 Å². The van der Waals surface area contributed by atoms with Gasteiger partial charge in [-0.1, -0.05) is 6.92 Å². The van der Waals surface area contributed by atoms with Crippen LogP contribution in [0.2, 0.25) is 0 Å². The van der Waals surface area contributed by atoms with Crippen molar-refractivity contribution in [2.75, 3.05) is 31.1 Å². The Kier molecular flexibility index (Phi) is 5.16. The van der Waals surface area contributed by atoms with Crippen LogP contribution >= 0.6 is 0 Å². The normalized spacial score (nSPS) is 14.6. The number of hydrogen-bond donors (Lipinski definition) is 0. The molecule has 1 aliphatic rings. The summed E-state index contributed by atoms with van der Waals surface area (Å²) in [6.07, 6.45) is 2.64. The van der Waals surface area contributed by atoms with Gasteiger partial charge < -0.3 is 14.2 Å². The molecule has 1 aromatic carbocycles. The highest BCUT2D eigenvalue weighted by molar-refractivity contribution is 5.96. The average molecular weight is 344 g/mol. The monoisotopic (exact) mass is 344 g/mol. The molecule has 25 heavy (non-hydrogen) atoms. The number of Topliss-reactive ketones (excluding diaryl/α,β-unsaturated/α-hetero) is 1. The molecule has 2 aromatic rings. The van der Waals surface area contributed by atoms with Gasteiger partial charge in [0.1, 0.15) is 5.82 Å². The van der Waals surface area contributed by atoms with Crippen LogP contribution in [-0.2, 0) is 0 Å². The lowest BCUT2D eigenvalue weighted by Crippen LogP contribution is -2.49. The van der Waals surface area contributed by atoms with Gasteiger partial charge in [-0.05, 0) is 36.8 Å². The first-order valence-corrected chi connectivity index (χ1v) is 8.50. The van der Waals surface area contributed by atoms with Crippen molar-refractivity contribution in [2.45, 2.75) is 19.8 Å². The Hall–Kier alpha value is -2.63. The molecule has 0 saturated carbocycles. The maximum Gasteiger partial charge on any atom is 0.289 e. The molecule has 1 saturated heterocycles. The molecule has 0 spiro atoms. The molecule has 0 atom stereocenters. The number of benzene rings is 1. The molecule has 2 heterocycles. The molecule has 0 bridgehead atoms. The molecule has 0 N–H and O–H groups in total. The third-order valence-electron chi connectivity index (χ3n) is 4.39. The lowest BCUT2D eigenvalue weighted by atomic mass is 10.1. The summed E-state index contributed by atoms with van der Waals surface area (Å²) in [4.78, 5) is 27.7. The van der Waals surface area contributed by atoms with Crippen LogP contribution in [0.5, 0.6) is 0 Å². The zero-order chi connectivity index (χ0) is 17.8. The lowest BCUT2D eigenvalue weighted by Gasteiger charge is -2.35.